The summed E-state index contributed by atoms with van der Waals surface area (Å²) in [4.78, 5) is 21.1. The first-order valence-corrected chi connectivity index (χ1v) is 4.95. The van der Waals surface area contributed by atoms with Gasteiger partial charge in [-0.2, -0.15) is 0 Å². The summed E-state index contributed by atoms with van der Waals surface area (Å²) in [5, 5.41) is 10.6. The highest BCUT2D eigenvalue weighted by atomic mass is 16.6. The molecule has 0 spiro atoms. The first-order valence-electron chi connectivity index (χ1n) is 4.95. The molecule has 0 aliphatic rings. The van der Waals surface area contributed by atoms with E-state index in [0.717, 1.165) is 0 Å². The van der Waals surface area contributed by atoms with Crippen molar-refractivity contribution in [3.8, 4) is 11.5 Å². The molecule has 1 atom stereocenters. The van der Waals surface area contributed by atoms with Gasteiger partial charge in [0.15, 0.2) is 23.4 Å². The fourth-order valence-corrected chi connectivity index (χ4v) is 1.14. The summed E-state index contributed by atoms with van der Waals surface area (Å²) >= 11 is 0. The van der Waals surface area contributed by atoms with Gasteiger partial charge in [-0.05, 0) is 19.9 Å². The number of non-ortho nitro benzene ring substituents is 1. The predicted molar refractivity (Wildman–Crippen MR) is 60.4 cm³/mol. The van der Waals surface area contributed by atoms with E-state index in [2.05, 4.69) is 0 Å². The molecule has 6 heteroatoms. The number of carbonyl (C=O) groups excluding carboxylic acids is 1. The third-order valence-corrected chi connectivity index (χ3v) is 2.23. The van der Waals surface area contributed by atoms with Crippen LogP contribution in [0.25, 0.3) is 0 Å². The molecule has 0 radical (unpaired) electrons. The number of nitrogens with zero attached hydrogens (tertiary/aromatic N) is 1. The summed E-state index contributed by atoms with van der Waals surface area (Å²) in [6.07, 6.45) is -0.675. The number of benzene rings is 1. The molecule has 1 rings (SSSR count). The Balaban J connectivity index is 3.06. The SMILES string of the molecule is COc1ccc([N+](=O)[O-])cc1OC(C)C(C)=O. The van der Waals surface area contributed by atoms with Gasteiger partial charge in [0.25, 0.3) is 5.69 Å². The highest BCUT2D eigenvalue weighted by molar-refractivity contribution is 5.80. The Morgan fingerprint density at radius 1 is 1.41 bits per heavy atom. The predicted octanol–water partition coefficient (Wildman–Crippen LogP) is 1.96. The van der Waals surface area contributed by atoms with Gasteiger partial charge >= 0.3 is 0 Å². The lowest BCUT2D eigenvalue weighted by atomic mass is 10.2. The van der Waals surface area contributed by atoms with Crippen molar-refractivity contribution in [1.29, 1.82) is 0 Å². The summed E-state index contributed by atoms with van der Waals surface area (Å²) in [6.45, 7) is 2.95. The van der Waals surface area contributed by atoms with Gasteiger partial charge < -0.3 is 9.47 Å². The molecule has 0 saturated heterocycles. The number of hydrogen-bond acceptors (Lipinski definition) is 5. The third kappa shape index (κ3) is 3.17. The van der Waals surface area contributed by atoms with Crippen LogP contribution in [-0.2, 0) is 4.79 Å². The highest BCUT2D eigenvalue weighted by Gasteiger charge is 2.16. The maximum absolute atomic E-state index is 11.1. The van der Waals surface area contributed by atoms with Crippen LogP contribution in [0, 0.1) is 10.1 Å². The fraction of sp³-hybridized carbons (Fsp3) is 0.364. The van der Waals surface area contributed by atoms with Gasteiger partial charge in [-0.25, -0.2) is 0 Å². The van der Waals surface area contributed by atoms with Crippen LogP contribution in [-0.4, -0.2) is 23.9 Å². The van der Waals surface area contributed by atoms with Crippen molar-refractivity contribution in [2.45, 2.75) is 20.0 Å². The highest BCUT2D eigenvalue weighted by Crippen LogP contribution is 2.31. The van der Waals surface area contributed by atoms with Crippen LogP contribution in [0.5, 0.6) is 11.5 Å². The molecule has 6 nitrogen and oxygen atoms in total. The fourth-order valence-electron chi connectivity index (χ4n) is 1.14. The molecular weight excluding hydrogens is 226 g/mol. The maximum Gasteiger partial charge on any atom is 0.273 e. The van der Waals surface area contributed by atoms with Crippen molar-refractivity contribution in [3.05, 3.63) is 28.3 Å². The molecule has 17 heavy (non-hydrogen) atoms. The van der Waals surface area contributed by atoms with Crippen LogP contribution >= 0.6 is 0 Å². The second kappa shape index (κ2) is 5.29. The lowest BCUT2D eigenvalue weighted by molar-refractivity contribution is -0.385. The molecular formula is C11H13NO5. The summed E-state index contributed by atoms with van der Waals surface area (Å²) in [5.74, 6) is 0.367. The minimum Gasteiger partial charge on any atom is -0.493 e. The molecule has 0 N–H and O–H groups in total. The molecule has 0 heterocycles. The number of nitro benzene ring substituents is 1. The molecule has 0 amide bonds. The quantitative estimate of drug-likeness (QED) is 0.579. The van der Waals surface area contributed by atoms with E-state index in [9.17, 15) is 14.9 Å². The van der Waals surface area contributed by atoms with Gasteiger partial charge in [0.2, 0.25) is 0 Å². The molecule has 0 bridgehead atoms. The molecule has 0 fully saturated rings. The molecule has 1 aromatic rings. The van der Waals surface area contributed by atoms with Gasteiger partial charge in [0, 0.05) is 6.07 Å². The lowest BCUT2D eigenvalue weighted by Gasteiger charge is -2.14. The van der Waals surface area contributed by atoms with Crippen molar-refractivity contribution in [2.24, 2.45) is 0 Å². The minimum atomic E-state index is -0.675. The summed E-state index contributed by atoms with van der Waals surface area (Å²) in [6, 6.07) is 3.97. The third-order valence-electron chi connectivity index (χ3n) is 2.23. The molecule has 92 valence electrons. The standard InChI is InChI=1S/C11H13NO5/c1-7(13)8(2)17-11-6-9(12(14)15)4-5-10(11)16-3/h4-6,8H,1-3H3. The molecule has 0 aromatic heterocycles. The van der Waals surface area contributed by atoms with Gasteiger partial charge in [-0.3, -0.25) is 14.9 Å². The Kier molecular flexibility index (Phi) is 4.03. The van der Waals surface area contributed by atoms with Gasteiger partial charge in [0.1, 0.15) is 0 Å². The molecule has 0 saturated carbocycles. The Bertz CT molecular complexity index is 443. The monoisotopic (exact) mass is 239 g/mol. The molecule has 1 unspecified atom stereocenters. The van der Waals surface area contributed by atoms with Crippen molar-refractivity contribution in [2.75, 3.05) is 7.11 Å². The normalized spacial score (nSPS) is 11.7. The number of carbonyl (C=O) groups is 1. The maximum atomic E-state index is 11.1. The minimum absolute atomic E-state index is 0.114. The van der Waals surface area contributed by atoms with Crippen LogP contribution in [0.3, 0.4) is 0 Å². The van der Waals surface area contributed by atoms with Gasteiger partial charge in [-0.1, -0.05) is 0 Å². The van der Waals surface area contributed by atoms with Crippen molar-refractivity contribution < 1.29 is 19.2 Å². The van der Waals surface area contributed by atoms with E-state index in [0.29, 0.717) is 5.75 Å². The van der Waals surface area contributed by atoms with Crippen molar-refractivity contribution in [3.63, 3.8) is 0 Å². The number of hydrogen-bond donors (Lipinski definition) is 0. The summed E-state index contributed by atoms with van der Waals surface area (Å²) in [5.41, 5.74) is -0.114. The average molecular weight is 239 g/mol. The molecule has 0 aliphatic carbocycles. The topological polar surface area (TPSA) is 78.7 Å². The van der Waals surface area contributed by atoms with E-state index in [-0.39, 0.29) is 17.2 Å². The van der Waals surface area contributed by atoms with Crippen molar-refractivity contribution in [1.82, 2.24) is 0 Å². The Morgan fingerprint density at radius 2 is 2.06 bits per heavy atom. The number of ether oxygens (including phenoxy) is 2. The van der Waals surface area contributed by atoms with Crippen LogP contribution in [0.15, 0.2) is 18.2 Å². The van der Waals surface area contributed by atoms with Crippen LogP contribution < -0.4 is 9.47 Å². The zero-order valence-electron chi connectivity index (χ0n) is 9.80. The Hall–Kier alpha value is -2.11. The van der Waals surface area contributed by atoms with Gasteiger partial charge in [-0.15, -0.1) is 0 Å². The average Bonchev–Trinajstić information content (AvgIpc) is 2.28. The largest absolute Gasteiger partial charge is 0.493 e. The smallest absolute Gasteiger partial charge is 0.273 e. The van der Waals surface area contributed by atoms with E-state index >= 15 is 0 Å². The van der Waals surface area contributed by atoms with E-state index in [1.54, 1.807) is 6.92 Å². The number of Topliss-reactive ketones (excluding diaryl/α,β-unsaturated/α-hetero) is 1. The van der Waals surface area contributed by atoms with E-state index < -0.39 is 11.0 Å². The van der Waals surface area contributed by atoms with Crippen LogP contribution in [0.4, 0.5) is 5.69 Å². The Morgan fingerprint density at radius 3 is 2.53 bits per heavy atom. The van der Waals surface area contributed by atoms with E-state index in [1.807, 2.05) is 0 Å². The second-order valence-corrected chi connectivity index (χ2v) is 3.46. The van der Waals surface area contributed by atoms with Gasteiger partial charge in [0.05, 0.1) is 18.1 Å². The number of rotatable bonds is 5. The number of methoxy groups -OCH3 is 1. The second-order valence-electron chi connectivity index (χ2n) is 3.46. The van der Waals surface area contributed by atoms with Crippen LogP contribution in [0.2, 0.25) is 0 Å². The first kappa shape index (κ1) is 13.0. The zero-order chi connectivity index (χ0) is 13.0. The van der Waals surface area contributed by atoms with E-state index in [4.69, 9.17) is 9.47 Å². The van der Waals surface area contributed by atoms with E-state index in [1.165, 1.54) is 32.2 Å². The molecule has 1 aromatic carbocycles. The number of ketones is 1. The van der Waals surface area contributed by atoms with Crippen molar-refractivity contribution >= 4 is 11.5 Å². The molecule has 0 aliphatic heterocycles. The zero-order valence-corrected chi connectivity index (χ0v) is 9.80. The summed E-state index contributed by atoms with van der Waals surface area (Å²) < 4.78 is 10.3. The van der Waals surface area contributed by atoms with Crippen LogP contribution in [0.1, 0.15) is 13.8 Å². The summed E-state index contributed by atoms with van der Waals surface area (Å²) in [7, 11) is 1.42. The first-order chi connectivity index (χ1) is 7.95. The number of nitro groups is 1. The Labute approximate surface area is 98.3 Å². The lowest BCUT2D eigenvalue weighted by Crippen LogP contribution is -2.21.